The van der Waals surface area contributed by atoms with Crippen LogP contribution in [0.15, 0.2) is 70.5 Å². The average molecular weight is 770 g/mol. The smallest absolute Gasteiger partial charge is 0.338 e. The van der Waals surface area contributed by atoms with Crippen LogP contribution < -0.4 is 16.9 Å². The summed E-state index contributed by atoms with van der Waals surface area (Å²) in [6.45, 7) is 2.82. The first-order valence-corrected chi connectivity index (χ1v) is 16.5. The maximum atomic E-state index is 14.5. The molecule has 6 heterocycles. The molecule has 0 aliphatic rings. The number of aryl methyl sites for hydroxylation is 2. The third-order valence-corrected chi connectivity index (χ3v) is 8.89. The van der Waals surface area contributed by atoms with Crippen molar-refractivity contribution in [2.24, 2.45) is 0 Å². The molecule has 8 rings (SSSR count). The van der Waals surface area contributed by atoms with Crippen LogP contribution in [0.5, 0.6) is 0 Å². The van der Waals surface area contributed by atoms with Gasteiger partial charge in [0, 0.05) is 38.9 Å². The maximum Gasteiger partial charge on any atom is 0.338 e. The second-order valence-corrected chi connectivity index (χ2v) is 12.5. The third-order valence-electron chi connectivity index (χ3n) is 8.89. The number of aromatic amines is 2. The monoisotopic (exact) mass is 769 g/mol. The Morgan fingerprint density at radius 1 is 0.714 bits per heavy atom. The zero-order chi connectivity index (χ0) is 40.0. The number of methoxy groups -OCH3 is 1. The van der Waals surface area contributed by atoms with Gasteiger partial charge in [-0.1, -0.05) is 0 Å². The van der Waals surface area contributed by atoms with Crippen LogP contribution in [0.25, 0.3) is 44.1 Å². The van der Waals surface area contributed by atoms with Crippen molar-refractivity contribution in [1.82, 2.24) is 44.5 Å². The molecule has 2 aromatic carbocycles. The summed E-state index contributed by atoms with van der Waals surface area (Å²) in [5.41, 5.74) is 2.81. The van der Waals surface area contributed by atoms with Gasteiger partial charge in [0.15, 0.2) is 11.3 Å². The van der Waals surface area contributed by atoms with Crippen molar-refractivity contribution in [3.63, 3.8) is 0 Å². The van der Waals surface area contributed by atoms with Gasteiger partial charge in [-0.15, -0.1) is 0 Å². The predicted molar refractivity (Wildman–Crippen MR) is 192 cm³/mol. The minimum absolute atomic E-state index is 0.248. The summed E-state index contributed by atoms with van der Waals surface area (Å²) < 4.78 is 64.8. The SMILES string of the molecule is COC(=O)c1cc(F)c(Cn2c(=O)[nH]c3cnc4nc(C)ccc4c32)c(F)c1.Cc1ccc2c(ncc3[nH]c(=O)n(Cc4c(F)cc(C(=O)NO)cc4F)c32)n1. The molecule has 56 heavy (non-hydrogen) atoms. The topological polar surface area (TPSA) is 203 Å². The van der Waals surface area contributed by atoms with Crippen molar-refractivity contribution < 1.29 is 37.1 Å². The highest BCUT2D eigenvalue weighted by atomic mass is 19.1. The molecule has 4 N–H and O–H groups in total. The molecule has 0 saturated heterocycles. The highest BCUT2D eigenvalue weighted by Gasteiger charge is 2.21. The number of H-pyrrole nitrogens is 2. The van der Waals surface area contributed by atoms with E-state index in [9.17, 15) is 36.7 Å². The Balaban J connectivity index is 0.000000172. The number of esters is 1. The van der Waals surface area contributed by atoms with E-state index in [-0.39, 0.29) is 23.2 Å². The Labute approximate surface area is 310 Å². The quantitative estimate of drug-likeness (QED) is 0.0793. The van der Waals surface area contributed by atoms with Crippen molar-refractivity contribution in [3.05, 3.63) is 139 Å². The van der Waals surface area contributed by atoms with E-state index < -0.39 is 58.6 Å². The highest BCUT2D eigenvalue weighted by molar-refractivity contribution is 6.01. The fourth-order valence-electron chi connectivity index (χ4n) is 6.21. The number of carbonyl (C=O) groups excluding carboxylic acids is 2. The van der Waals surface area contributed by atoms with E-state index in [1.54, 1.807) is 31.2 Å². The molecule has 0 aliphatic heterocycles. The number of hydroxylamine groups is 1. The molecule has 6 aromatic heterocycles. The van der Waals surface area contributed by atoms with Crippen molar-refractivity contribution in [2.75, 3.05) is 7.11 Å². The van der Waals surface area contributed by atoms with Crippen LogP contribution >= 0.6 is 0 Å². The van der Waals surface area contributed by atoms with Crippen molar-refractivity contribution in [3.8, 4) is 0 Å². The molecule has 0 saturated carbocycles. The Morgan fingerprint density at radius 3 is 1.52 bits per heavy atom. The largest absolute Gasteiger partial charge is 0.465 e. The molecular weight excluding hydrogens is 742 g/mol. The van der Waals surface area contributed by atoms with Gasteiger partial charge in [-0.2, -0.15) is 0 Å². The molecule has 0 aliphatic carbocycles. The summed E-state index contributed by atoms with van der Waals surface area (Å²) in [5.74, 6) is -5.85. The molecule has 0 fully saturated rings. The molecule has 15 nitrogen and oxygen atoms in total. The van der Waals surface area contributed by atoms with E-state index in [2.05, 4.69) is 34.6 Å². The normalized spacial score (nSPS) is 11.3. The summed E-state index contributed by atoms with van der Waals surface area (Å²) in [6.07, 6.45) is 2.89. The molecule has 0 bridgehead atoms. The minimum Gasteiger partial charge on any atom is -0.465 e. The zero-order valence-corrected chi connectivity index (χ0v) is 29.4. The van der Waals surface area contributed by atoms with E-state index in [0.717, 1.165) is 42.8 Å². The lowest BCUT2D eigenvalue weighted by Crippen LogP contribution is -2.21. The number of aromatic nitrogens is 8. The Morgan fingerprint density at radius 2 is 1.12 bits per heavy atom. The second-order valence-electron chi connectivity index (χ2n) is 12.5. The maximum absolute atomic E-state index is 14.5. The molecular formula is C37H27F4N9O6. The number of amides is 1. The number of carbonyl (C=O) groups is 2. The number of rotatable bonds is 6. The van der Waals surface area contributed by atoms with Crippen molar-refractivity contribution >= 4 is 56.0 Å². The number of hydrogen-bond acceptors (Lipinski definition) is 10. The predicted octanol–water partition coefficient (Wildman–Crippen LogP) is 4.72. The summed E-state index contributed by atoms with van der Waals surface area (Å²) >= 11 is 0. The average Bonchev–Trinajstić information content (AvgIpc) is 3.67. The Hall–Kier alpha value is -7.28. The van der Waals surface area contributed by atoms with Crippen LogP contribution in [0, 0.1) is 37.1 Å². The van der Waals surface area contributed by atoms with Gasteiger partial charge in [-0.25, -0.2) is 57.4 Å². The molecule has 8 aromatic rings. The van der Waals surface area contributed by atoms with E-state index in [1.165, 1.54) is 27.0 Å². The van der Waals surface area contributed by atoms with Crippen molar-refractivity contribution in [2.45, 2.75) is 26.9 Å². The molecule has 0 atom stereocenters. The number of imidazole rings is 2. The summed E-state index contributed by atoms with van der Waals surface area (Å²) in [7, 11) is 1.12. The number of benzene rings is 2. The van der Waals surface area contributed by atoms with Gasteiger partial charge in [0.05, 0.1) is 60.2 Å². The molecule has 0 radical (unpaired) electrons. The van der Waals surface area contributed by atoms with Crippen LogP contribution in [0.3, 0.4) is 0 Å². The van der Waals surface area contributed by atoms with Crippen LogP contribution in [0.2, 0.25) is 0 Å². The lowest BCUT2D eigenvalue weighted by Gasteiger charge is -2.09. The third kappa shape index (κ3) is 6.70. The molecule has 0 unspecified atom stereocenters. The number of nitrogens with one attached hydrogen (secondary N) is 3. The van der Waals surface area contributed by atoms with E-state index in [1.807, 2.05) is 6.92 Å². The molecule has 19 heteroatoms. The lowest BCUT2D eigenvalue weighted by molar-refractivity contribution is 0.0599. The van der Waals surface area contributed by atoms with E-state index >= 15 is 0 Å². The van der Waals surface area contributed by atoms with Gasteiger partial charge in [0.1, 0.15) is 23.3 Å². The standard InChI is InChI=1S/C19H14F2N4O3.C18H13F2N5O3/c1-9-3-4-11-16-15(7-22-17(11)23-9)24-19(27)25(16)8-12-13(20)5-10(6-14(12)21)18(26)28-2;1-8-2-3-10-15-14(6-21-16(10)22-8)23-18(27)25(15)7-11-12(19)4-9(5-13(11)20)17(26)24-28/h3-7H,8H2,1-2H3,(H,24,27);2-6,28H,7H2,1H3,(H,23,27)(H,24,26). The Kier molecular flexibility index (Phi) is 9.60. The Bertz CT molecular complexity index is 2780. The molecule has 284 valence electrons. The van der Waals surface area contributed by atoms with Gasteiger partial charge < -0.3 is 14.7 Å². The highest BCUT2D eigenvalue weighted by Crippen LogP contribution is 2.25. The van der Waals surface area contributed by atoms with Gasteiger partial charge in [0.2, 0.25) is 0 Å². The first kappa shape index (κ1) is 37.1. The van der Waals surface area contributed by atoms with Gasteiger partial charge >= 0.3 is 17.3 Å². The van der Waals surface area contributed by atoms with Gasteiger partial charge in [-0.05, 0) is 62.4 Å². The first-order chi connectivity index (χ1) is 26.8. The lowest BCUT2D eigenvalue weighted by atomic mass is 10.1. The van der Waals surface area contributed by atoms with Gasteiger partial charge in [-0.3, -0.25) is 19.1 Å². The number of ether oxygens (including phenoxy) is 1. The zero-order valence-electron chi connectivity index (χ0n) is 29.4. The fourth-order valence-corrected chi connectivity index (χ4v) is 6.21. The number of pyridine rings is 4. The second kappa shape index (κ2) is 14.5. The molecule has 1 amide bonds. The van der Waals surface area contributed by atoms with Crippen LogP contribution in [0.4, 0.5) is 17.6 Å². The number of hydrogen-bond donors (Lipinski definition) is 4. The van der Waals surface area contributed by atoms with Crippen molar-refractivity contribution in [1.29, 1.82) is 0 Å². The van der Waals surface area contributed by atoms with Gasteiger partial charge in [0.25, 0.3) is 5.91 Å². The van der Waals surface area contributed by atoms with E-state index in [4.69, 9.17) is 5.21 Å². The summed E-state index contributed by atoms with van der Waals surface area (Å²) in [6, 6.07) is 10.3. The molecule has 0 spiro atoms. The number of fused-ring (bicyclic) bond motifs is 6. The van der Waals surface area contributed by atoms with Crippen LogP contribution in [0.1, 0.15) is 43.2 Å². The van der Waals surface area contributed by atoms with Crippen LogP contribution in [-0.2, 0) is 17.8 Å². The number of nitrogens with zero attached hydrogens (tertiary/aromatic N) is 6. The fraction of sp³-hybridized carbons (Fsp3) is 0.135. The summed E-state index contributed by atoms with van der Waals surface area (Å²) in [5, 5.41) is 9.75. The first-order valence-electron chi connectivity index (χ1n) is 16.5. The number of halogens is 4. The minimum atomic E-state index is -1.05. The summed E-state index contributed by atoms with van der Waals surface area (Å²) in [4.78, 5) is 70.0. The van der Waals surface area contributed by atoms with Crippen LogP contribution in [-0.4, -0.2) is 63.2 Å². The van der Waals surface area contributed by atoms with E-state index in [0.29, 0.717) is 44.1 Å².